The predicted octanol–water partition coefficient (Wildman–Crippen LogP) is 4.50. The largest absolute Gasteiger partial charge is 0.490 e. The third kappa shape index (κ3) is 4.29. The molecule has 1 N–H and O–H groups in total. The molecule has 0 bridgehead atoms. The van der Waals surface area contributed by atoms with Crippen LogP contribution in [-0.2, 0) is 9.84 Å². The minimum absolute atomic E-state index is 0.206. The van der Waals surface area contributed by atoms with Crippen LogP contribution in [0.2, 0.25) is 0 Å². The minimum atomic E-state index is -3.37. The van der Waals surface area contributed by atoms with E-state index in [4.69, 9.17) is 9.15 Å². The van der Waals surface area contributed by atoms with E-state index in [1.807, 2.05) is 38.1 Å². The molecule has 1 atom stereocenters. The first-order valence-corrected chi connectivity index (χ1v) is 11.1. The quantitative estimate of drug-likeness (QED) is 0.614. The number of rotatable bonds is 7. The van der Waals surface area contributed by atoms with Gasteiger partial charge in [0.05, 0.1) is 22.8 Å². The molecule has 0 saturated carbocycles. The topological polar surface area (TPSA) is 85.6 Å². The summed E-state index contributed by atoms with van der Waals surface area (Å²) in [6.45, 7) is 7.52. The first kappa shape index (κ1) is 20.9. The Hall–Kier alpha value is -2.80. The van der Waals surface area contributed by atoms with Gasteiger partial charge in [0, 0.05) is 10.9 Å². The van der Waals surface area contributed by atoms with Crippen molar-refractivity contribution in [3.63, 3.8) is 0 Å². The van der Waals surface area contributed by atoms with Gasteiger partial charge in [-0.15, -0.1) is 0 Å². The molecule has 0 aliphatic carbocycles. The van der Waals surface area contributed by atoms with Gasteiger partial charge in [-0.05, 0) is 64.1 Å². The van der Waals surface area contributed by atoms with Crippen LogP contribution in [0.4, 0.5) is 0 Å². The van der Waals surface area contributed by atoms with Gasteiger partial charge < -0.3 is 14.5 Å². The Kier molecular flexibility index (Phi) is 5.98. The highest BCUT2D eigenvalue weighted by atomic mass is 32.2. The van der Waals surface area contributed by atoms with Crippen molar-refractivity contribution in [3.8, 4) is 5.75 Å². The summed E-state index contributed by atoms with van der Waals surface area (Å²) in [7, 11) is -3.37. The molecule has 29 heavy (non-hydrogen) atoms. The Bertz CT molecular complexity index is 1110. The molecule has 0 spiro atoms. The average Bonchev–Trinajstić information content (AvgIpc) is 3.13. The molecule has 7 heteroatoms. The van der Waals surface area contributed by atoms with E-state index < -0.39 is 15.1 Å². The van der Waals surface area contributed by atoms with E-state index in [1.54, 1.807) is 13.8 Å². The van der Waals surface area contributed by atoms with Gasteiger partial charge in [-0.2, -0.15) is 0 Å². The number of furan rings is 1. The molecule has 1 aromatic heterocycles. The van der Waals surface area contributed by atoms with Crippen LogP contribution < -0.4 is 10.1 Å². The molecule has 2 aromatic carbocycles. The number of sulfone groups is 1. The summed E-state index contributed by atoms with van der Waals surface area (Å²) in [6.07, 6.45) is 0. The smallest absolute Gasteiger partial charge is 0.251 e. The summed E-state index contributed by atoms with van der Waals surface area (Å²) >= 11 is 0. The van der Waals surface area contributed by atoms with Crippen LogP contribution in [0.15, 0.2) is 57.8 Å². The Labute approximate surface area is 170 Å². The summed E-state index contributed by atoms with van der Waals surface area (Å²) in [5, 5.41) is 3.26. The highest BCUT2D eigenvalue weighted by Crippen LogP contribution is 2.31. The Morgan fingerprint density at radius 2 is 1.79 bits per heavy atom. The number of ether oxygens (including phenoxy) is 1. The molecule has 1 unspecified atom stereocenters. The average molecular weight is 416 g/mol. The standard InChI is InChI=1S/C22H25NO5S/c1-5-27-19-8-6-7-17-13-20(28-21(17)19)15(4)23-22(24)16-9-11-18(12-10-16)29(25,26)14(2)3/h6-15H,5H2,1-4H3,(H,23,24). The maximum absolute atomic E-state index is 12.6. The molecule has 0 radical (unpaired) electrons. The second kappa shape index (κ2) is 8.29. The van der Waals surface area contributed by atoms with Crippen molar-refractivity contribution >= 4 is 26.7 Å². The lowest BCUT2D eigenvalue weighted by molar-refractivity contribution is 0.0935. The zero-order valence-electron chi connectivity index (χ0n) is 16.9. The fraction of sp³-hybridized carbons (Fsp3) is 0.318. The van der Waals surface area contributed by atoms with Crippen LogP contribution >= 0.6 is 0 Å². The van der Waals surface area contributed by atoms with Crippen molar-refractivity contribution in [2.45, 2.75) is 43.9 Å². The van der Waals surface area contributed by atoms with Crippen molar-refractivity contribution < 1.29 is 22.4 Å². The number of nitrogens with one attached hydrogen (secondary N) is 1. The van der Waals surface area contributed by atoms with Crippen LogP contribution in [0.5, 0.6) is 5.75 Å². The molecule has 6 nitrogen and oxygen atoms in total. The van der Waals surface area contributed by atoms with Gasteiger partial charge in [-0.25, -0.2) is 8.42 Å². The van der Waals surface area contributed by atoms with E-state index in [9.17, 15) is 13.2 Å². The van der Waals surface area contributed by atoms with Gasteiger partial charge in [0.1, 0.15) is 5.76 Å². The summed E-state index contributed by atoms with van der Waals surface area (Å²) in [4.78, 5) is 12.8. The first-order chi connectivity index (χ1) is 13.7. The van der Waals surface area contributed by atoms with Crippen molar-refractivity contribution in [2.24, 2.45) is 0 Å². The molecule has 3 rings (SSSR count). The van der Waals surface area contributed by atoms with Gasteiger partial charge in [0.15, 0.2) is 21.2 Å². The Morgan fingerprint density at radius 3 is 2.41 bits per heavy atom. The van der Waals surface area contributed by atoms with Gasteiger partial charge in [-0.3, -0.25) is 4.79 Å². The molecule has 3 aromatic rings. The van der Waals surface area contributed by atoms with Gasteiger partial charge >= 0.3 is 0 Å². The maximum Gasteiger partial charge on any atom is 0.251 e. The van der Waals surface area contributed by atoms with E-state index in [0.717, 1.165) is 5.39 Å². The number of carbonyl (C=O) groups is 1. The molecule has 0 saturated heterocycles. The van der Waals surface area contributed by atoms with Gasteiger partial charge in [-0.1, -0.05) is 12.1 Å². The highest BCUT2D eigenvalue weighted by molar-refractivity contribution is 7.92. The fourth-order valence-electron chi connectivity index (χ4n) is 2.96. The number of amides is 1. The van der Waals surface area contributed by atoms with Crippen LogP contribution in [-0.4, -0.2) is 26.2 Å². The molecule has 1 heterocycles. The molecular formula is C22H25NO5S. The Balaban J connectivity index is 1.77. The molecule has 1 amide bonds. The van der Waals surface area contributed by atoms with E-state index in [0.29, 0.717) is 29.3 Å². The van der Waals surface area contributed by atoms with E-state index in [1.165, 1.54) is 24.3 Å². The lowest BCUT2D eigenvalue weighted by atomic mass is 10.1. The van der Waals surface area contributed by atoms with E-state index in [-0.39, 0.29) is 16.8 Å². The molecule has 154 valence electrons. The summed E-state index contributed by atoms with van der Waals surface area (Å²) < 4.78 is 35.9. The number of hydrogen-bond donors (Lipinski definition) is 1. The third-order valence-corrected chi connectivity index (χ3v) is 6.84. The van der Waals surface area contributed by atoms with Crippen LogP contribution in [0, 0.1) is 0 Å². The van der Waals surface area contributed by atoms with E-state index in [2.05, 4.69) is 5.32 Å². The fourth-order valence-corrected chi connectivity index (χ4v) is 4.02. The summed E-state index contributed by atoms with van der Waals surface area (Å²) in [5.74, 6) is 0.965. The van der Waals surface area contributed by atoms with E-state index >= 15 is 0 Å². The zero-order valence-corrected chi connectivity index (χ0v) is 17.7. The normalized spacial score (nSPS) is 12.9. The second-order valence-corrected chi connectivity index (χ2v) is 9.57. The SMILES string of the molecule is CCOc1cccc2cc(C(C)NC(=O)c3ccc(S(=O)(=O)C(C)C)cc3)oc12. The van der Waals surface area contributed by atoms with Crippen LogP contribution in [0.1, 0.15) is 49.9 Å². The van der Waals surface area contributed by atoms with Crippen LogP contribution in [0.3, 0.4) is 0 Å². The third-order valence-electron chi connectivity index (χ3n) is 4.67. The Morgan fingerprint density at radius 1 is 1.10 bits per heavy atom. The molecule has 0 aliphatic heterocycles. The number of para-hydroxylation sites is 1. The van der Waals surface area contributed by atoms with Crippen molar-refractivity contribution in [2.75, 3.05) is 6.61 Å². The first-order valence-electron chi connectivity index (χ1n) is 9.54. The maximum atomic E-state index is 12.6. The second-order valence-electron chi connectivity index (χ2n) is 7.07. The number of benzene rings is 2. The minimum Gasteiger partial charge on any atom is -0.490 e. The van der Waals surface area contributed by atoms with Gasteiger partial charge in [0.2, 0.25) is 0 Å². The zero-order chi connectivity index (χ0) is 21.2. The summed E-state index contributed by atoms with van der Waals surface area (Å²) in [6, 6.07) is 13.1. The summed E-state index contributed by atoms with van der Waals surface area (Å²) in [5.41, 5.74) is 1.03. The lowest BCUT2D eigenvalue weighted by Gasteiger charge is -2.12. The van der Waals surface area contributed by atoms with Gasteiger partial charge in [0.25, 0.3) is 5.91 Å². The predicted molar refractivity (Wildman–Crippen MR) is 112 cm³/mol. The molecule has 0 aliphatic rings. The molecule has 0 fully saturated rings. The number of fused-ring (bicyclic) bond motifs is 1. The van der Waals surface area contributed by atoms with Crippen molar-refractivity contribution in [1.29, 1.82) is 0 Å². The van der Waals surface area contributed by atoms with Crippen LogP contribution in [0.25, 0.3) is 11.0 Å². The van der Waals surface area contributed by atoms with Crippen molar-refractivity contribution in [3.05, 3.63) is 59.9 Å². The monoisotopic (exact) mass is 415 g/mol. The highest BCUT2D eigenvalue weighted by Gasteiger charge is 2.20. The molecular weight excluding hydrogens is 390 g/mol. The lowest BCUT2D eigenvalue weighted by Crippen LogP contribution is -2.26. The van der Waals surface area contributed by atoms with Crippen molar-refractivity contribution in [1.82, 2.24) is 5.32 Å². The number of hydrogen-bond acceptors (Lipinski definition) is 5. The number of carbonyl (C=O) groups excluding carboxylic acids is 1.